The number of benzene rings is 11. The van der Waals surface area contributed by atoms with Gasteiger partial charge in [-0.15, -0.1) is 0 Å². The van der Waals surface area contributed by atoms with E-state index in [1.165, 1.54) is 49.7 Å². The molecular formula is C68H44N2O. The van der Waals surface area contributed by atoms with Crippen LogP contribution in [-0.4, -0.2) is 9.97 Å². The zero-order valence-electron chi connectivity index (χ0n) is 38.7. The third-order valence-electron chi connectivity index (χ3n) is 13.7. The second-order valence-electron chi connectivity index (χ2n) is 18.1. The van der Waals surface area contributed by atoms with E-state index < -0.39 is 0 Å². The van der Waals surface area contributed by atoms with Crippen LogP contribution in [0.15, 0.2) is 271 Å². The van der Waals surface area contributed by atoms with Gasteiger partial charge >= 0.3 is 0 Å². The first kappa shape index (κ1) is 41.7. The van der Waals surface area contributed by atoms with E-state index in [2.05, 4.69) is 249 Å². The summed E-state index contributed by atoms with van der Waals surface area (Å²) in [5.74, 6) is 0.659. The van der Waals surface area contributed by atoms with Gasteiger partial charge in [-0.05, 0) is 120 Å². The summed E-state index contributed by atoms with van der Waals surface area (Å²) < 4.78 is 6.67. The summed E-state index contributed by atoms with van der Waals surface area (Å²) in [5.41, 5.74) is 20.1. The summed E-state index contributed by atoms with van der Waals surface area (Å²) >= 11 is 0. The Hall–Kier alpha value is -9.44. The highest BCUT2D eigenvalue weighted by atomic mass is 16.3. The first-order valence-electron chi connectivity index (χ1n) is 24.1. The standard InChI is InChI=1S/C68H44N2O/c1-6-19-45(20-7-1)55-40-58(48-23-10-3-11-24-48)66(51-26-12-4-13-27-51)59(41-55)54-31-18-30-53(39-54)46-33-35-50(36-34-46)62-44-63(70-68(69-62)52-28-14-5-15-29-52)60-43-65-61(42-57(60)47-21-8-2-9-22-47)67-56-32-17-16-25-49(56)37-38-64(67)71-65/h1-44H. The van der Waals surface area contributed by atoms with Crippen molar-refractivity contribution in [3.8, 4) is 101 Å². The van der Waals surface area contributed by atoms with E-state index in [1.54, 1.807) is 0 Å². The Kier molecular flexibility index (Phi) is 10.5. The molecule has 0 aliphatic rings. The van der Waals surface area contributed by atoms with Gasteiger partial charge in [0.25, 0.3) is 0 Å². The summed E-state index contributed by atoms with van der Waals surface area (Å²) in [6, 6.07) is 94.9. The number of fused-ring (bicyclic) bond motifs is 5. The van der Waals surface area contributed by atoms with E-state index in [9.17, 15) is 0 Å². The largest absolute Gasteiger partial charge is 0.456 e. The van der Waals surface area contributed by atoms with Crippen LogP contribution in [0.3, 0.4) is 0 Å². The number of aromatic nitrogens is 2. The molecule has 2 aromatic heterocycles. The highest BCUT2D eigenvalue weighted by Crippen LogP contribution is 2.45. The van der Waals surface area contributed by atoms with Gasteiger partial charge in [-0.2, -0.15) is 0 Å². The predicted octanol–water partition coefficient (Wildman–Crippen LogP) is 18.5. The van der Waals surface area contributed by atoms with E-state index >= 15 is 0 Å². The van der Waals surface area contributed by atoms with Crippen molar-refractivity contribution >= 4 is 32.7 Å². The lowest BCUT2D eigenvalue weighted by molar-refractivity contribution is 0.669. The Morgan fingerprint density at radius 3 is 1.46 bits per heavy atom. The van der Waals surface area contributed by atoms with Crippen molar-refractivity contribution in [1.82, 2.24) is 9.97 Å². The highest BCUT2D eigenvalue weighted by Gasteiger charge is 2.21. The maximum absolute atomic E-state index is 6.67. The van der Waals surface area contributed by atoms with E-state index in [-0.39, 0.29) is 0 Å². The molecule has 0 aliphatic heterocycles. The lowest BCUT2D eigenvalue weighted by Crippen LogP contribution is -1.97. The number of hydrogen-bond donors (Lipinski definition) is 0. The molecule has 0 amide bonds. The number of hydrogen-bond acceptors (Lipinski definition) is 3. The van der Waals surface area contributed by atoms with E-state index in [0.29, 0.717) is 5.82 Å². The molecule has 13 aromatic rings. The minimum atomic E-state index is 0.659. The molecule has 332 valence electrons. The van der Waals surface area contributed by atoms with E-state index in [4.69, 9.17) is 14.4 Å². The van der Waals surface area contributed by atoms with Crippen molar-refractivity contribution in [3.05, 3.63) is 267 Å². The molecule has 0 N–H and O–H groups in total. The normalized spacial score (nSPS) is 11.4. The van der Waals surface area contributed by atoms with Crippen LogP contribution in [0.2, 0.25) is 0 Å². The van der Waals surface area contributed by atoms with Gasteiger partial charge in [0.05, 0.1) is 11.4 Å². The molecule has 3 heteroatoms. The Morgan fingerprint density at radius 1 is 0.254 bits per heavy atom. The molecule has 0 saturated heterocycles. The first-order chi connectivity index (χ1) is 35.2. The number of rotatable bonds is 9. The van der Waals surface area contributed by atoms with Crippen molar-refractivity contribution in [2.75, 3.05) is 0 Å². The summed E-state index contributed by atoms with van der Waals surface area (Å²) in [4.78, 5) is 10.6. The molecule has 0 aliphatic carbocycles. The predicted molar refractivity (Wildman–Crippen MR) is 296 cm³/mol. The minimum absolute atomic E-state index is 0.659. The van der Waals surface area contributed by atoms with Gasteiger partial charge in [0.2, 0.25) is 0 Å². The Morgan fingerprint density at radius 2 is 0.775 bits per heavy atom. The lowest BCUT2D eigenvalue weighted by atomic mass is 9.84. The number of nitrogens with zero attached hydrogens (tertiary/aromatic N) is 2. The first-order valence-corrected chi connectivity index (χ1v) is 24.1. The molecule has 3 nitrogen and oxygen atoms in total. The SMILES string of the molecule is c1ccc(-c2cc(-c3ccccc3)c(-c3ccccc3)c(-c3cccc(-c4ccc(-c5cc(-c6cc7oc8ccc9ccccc9c8c7cc6-c6ccccc6)nc(-c6ccccc6)n5)cc4)c3)c2)cc1. The second kappa shape index (κ2) is 17.9. The molecule has 0 unspecified atom stereocenters. The van der Waals surface area contributed by atoms with Crippen LogP contribution < -0.4 is 0 Å². The Labute approximate surface area is 412 Å². The van der Waals surface area contributed by atoms with Crippen molar-refractivity contribution in [2.45, 2.75) is 0 Å². The molecule has 0 atom stereocenters. The summed E-state index contributed by atoms with van der Waals surface area (Å²) in [6.45, 7) is 0. The molecule has 13 rings (SSSR count). The summed E-state index contributed by atoms with van der Waals surface area (Å²) in [5, 5.41) is 4.55. The van der Waals surface area contributed by atoms with Gasteiger partial charge in [0.15, 0.2) is 5.82 Å². The molecule has 0 fully saturated rings. The third kappa shape index (κ3) is 7.86. The van der Waals surface area contributed by atoms with Gasteiger partial charge in [-0.25, -0.2) is 9.97 Å². The zero-order valence-corrected chi connectivity index (χ0v) is 38.7. The summed E-state index contributed by atoms with van der Waals surface area (Å²) in [7, 11) is 0. The van der Waals surface area contributed by atoms with Gasteiger partial charge in [-0.1, -0.05) is 224 Å². The molecule has 0 spiro atoms. The molecular weight excluding hydrogens is 861 g/mol. The van der Waals surface area contributed by atoms with Crippen LogP contribution in [0.5, 0.6) is 0 Å². The molecule has 0 bridgehead atoms. The van der Waals surface area contributed by atoms with Crippen molar-refractivity contribution in [1.29, 1.82) is 0 Å². The van der Waals surface area contributed by atoms with Crippen LogP contribution in [0.25, 0.3) is 133 Å². The topological polar surface area (TPSA) is 38.9 Å². The average Bonchev–Trinajstić information content (AvgIpc) is 3.84. The minimum Gasteiger partial charge on any atom is -0.456 e. The van der Waals surface area contributed by atoms with E-state index in [1.807, 2.05) is 18.2 Å². The maximum Gasteiger partial charge on any atom is 0.160 e. The lowest BCUT2D eigenvalue weighted by Gasteiger charge is -2.19. The maximum atomic E-state index is 6.67. The van der Waals surface area contributed by atoms with Crippen LogP contribution in [0, 0.1) is 0 Å². The van der Waals surface area contributed by atoms with Crippen LogP contribution in [0.1, 0.15) is 0 Å². The van der Waals surface area contributed by atoms with Crippen molar-refractivity contribution in [3.63, 3.8) is 0 Å². The van der Waals surface area contributed by atoms with Gasteiger partial charge in [0, 0.05) is 27.5 Å². The van der Waals surface area contributed by atoms with Crippen LogP contribution in [-0.2, 0) is 0 Å². The molecule has 11 aromatic carbocycles. The smallest absolute Gasteiger partial charge is 0.160 e. The Balaban J connectivity index is 0.940. The summed E-state index contributed by atoms with van der Waals surface area (Å²) in [6.07, 6.45) is 0. The Bertz CT molecular complexity index is 4050. The average molecular weight is 905 g/mol. The third-order valence-corrected chi connectivity index (χ3v) is 13.7. The fourth-order valence-electron chi connectivity index (χ4n) is 10.2. The quantitative estimate of drug-likeness (QED) is 0.145. The van der Waals surface area contributed by atoms with Crippen molar-refractivity contribution in [2.24, 2.45) is 0 Å². The van der Waals surface area contributed by atoms with Crippen molar-refractivity contribution < 1.29 is 4.42 Å². The fraction of sp³-hybridized carbons (Fsp3) is 0. The van der Waals surface area contributed by atoms with Gasteiger partial charge in [-0.3, -0.25) is 0 Å². The van der Waals surface area contributed by atoms with E-state index in [0.717, 1.165) is 77.8 Å². The number of furan rings is 1. The molecule has 0 radical (unpaired) electrons. The highest BCUT2D eigenvalue weighted by molar-refractivity contribution is 6.20. The second-order valence-corrected chi connectivity index (χ2v) is 18.1. The molecule has 2 heterocycles. The molecule has 71 heavy (non-hydrogen) atoms. The van der Waals surface area contributed by atoms with Gasteiger partial charge in [0.1, 0.15) is 11.2 Å². The van der Waals surface area contributed by atoms with Crippen LogP contribution >= 0.6 is 0 Å². The van der Waals surface area contributed by atoms with Gasteiger partial charge < -0.3 is 4.42 Å². The van der Waals surface area contributed by atoms with Crippen LogP contribution in [0.4, 0.5) is 0 Å². The zero-order chi connectivity index (χ0) is 47.1. The molecule has 0 saturated carbocycles. The monoisotopic (exact) mass is 904 g/mol. The fourth-order valence-corrected chi connectivity index (χ4v) is 10.2.